The summed E-state index contributed by atoms with van der Waals surface area (Å²) in [4.78, 5) is 25.3. The molecule has 1 fully saturated rings. The van der Waals surface area contributed by atoms with Crippen molar-refractivity contribution in [3.05, 3.63) is 100 Å². The first kappa shape index (κ1) is 22.7. The van der Waals surface area contributed by atoms with Gasteiger partial charge in [-0.05, 0) is 66.1 Å². The molecule has 0 spiro atoms. The molecule has 1 saturated carbocycles. The minimum absolute atomic E-state index is 0.199. The Labute approximate surface area is 195 Å². The molecule has 0 unspecified atom stereocenters. The quantitative estimate of drug-likeness (QED) is 0.345. The Balaban J connectivity index is 1.49. The van der Waals surface area contributed by atoms with Crippen LogP contribution < -0.4 is 9.64 Å². The van der Waals surface area contributed by atoms with Crippen molar-refractivity contribution in [1.82, 2.24) is 0 Å². The van der Waals surface area contributed by atoms with Crippen LogP contribution in [0.15, 0.2) is 84.0 Å². The van der Waals surface area contributed by atoms with E-state index in [4.69, 9.17) is 4.74 Å². The van der Waals surface area contributed by atoms with Crippen molar-refractivity contribution in [3.8, 4) is 5.75 Å². The van der Waals surface area contributed by atoms with Crippen LogP contribution in [-0.2, 0) is 13.0 Å². The van der Waals surface area contributed by atoms with Crippen LogP contribution in [0.4, 0.5) is 10.5 Å². The Hall–Kier alpha value is -3.47. The van der Waals surface area contributed by atoms with Crippen molar-refractivity contribution >= 4 is 11.8 Å². The molecule has 1 aliphatic rings. The number of nitrogens with zero attached hydrogens (tertiary/aromatic N) is 2. The van der Waals surface area contributed by atoms with Crippen molar-refractivity contribution in [2.75, 3.05) is 11.4 Å². The van der Waals surface area contributed by atoms with E-state index in [9.17, 15) is 9.70 Å². The van der Waals surface area contributed by atoms with Gasteiger partial charge in [0.1, 0.15) is 5.75 Å². The summed E-state index contributed by atoms with van der Waals surface area (Å²) in [5, 5.41) is 2.91. The van der Waals surface area contributed by atoms with Crippen LogP contribution in [0.1, 0.15) is 54.7 Å². The fourth-order valence-electron chi connectivity index (χ4n) is 4.48. The zero-order valence-corrected chi connectivity index (χ0v) is 18.9. The third-order valence-corrected chi connectivity index (χ3v) is 6.28. The summed E-state index contributed by atoms with van der Waals surface area (Å²) < 4.78 is 5.72. The van der Waals surface area contributed by atoms with Crippen LogP contribution in [0.2, 0.25) is 0 Å². The highest BCUT2D eigenvalue weighted by Crippen LogP contribution is 2.32. The summed E-state index contributed by atoms with van der Waals surface area (Å²) in [5.74, 6) is 1.11. The average Bonchev–Trinajstić information content (AvgIpc) is 2.87. The maximum absolute atomic E-state index is 13.2. The number of anilines is 1. The largest absolute Gasteiger partial charge is 0.420 e. The number of hydrogen-bond donors (Lipinski definition) is 0. The number of carbonyl (C=O) groups excluding carboxylic acids is 1. The number of rotatable bonds is 8. The second-order valence-corrected chi connectivity index (χ2v) is 8.62. The van der Waals surface area contributed by atoms with Gasteiger partial charge in [0.05, 0.1) is 13.1 Å². The number of carbonyl (C=O) groups is 1. The molecule has 5 heteroatoms. The zero-order chi connectivity index (χ0) is 22.9. The van der Waals surface area contributed by atoms with Gasteiger partial charge >= 0.3 is 6.09 Å². The monoisotopic (exact) mass is 442 g/mol. The van der Waals surface area contributed by atoms with Crippen LogP contribution in [0.3, 0.4) is 0 Å². The first-order valence-corrected chi connectivity index (χ1v) is 11.7. The molecule has 0 aliphatic heterocycles. The third kappa shape index (κ3) is 6.28. The lowest BCUT2D eigenvalue weighted by Gasteiger charge is -2.24. The summed E-state index contributed by atoms with van der Waals surface area (Å²) in [7, 11) is 0. The first-order valence-electron chi connectivity index (χ1n) is 11.7. The summed E-state index contributed by atoms with van der Waals surface area (Å²) in [6.45, 7) is 0.618. The molecule has 1 aliphatic carbocycles. The molecule has 0 N–H and O–H groups in total. The van der Waals surface area contributed by atoms with Crippen molar-refractivity contribution < 1.29 is 9.53 Å². The first-order chi connectivity index (χ1) is 16.2. The lowest BCUT2D eigenvalue weighted by Crippen LogP contribution is -2.33. The van der Waals surface area contributed by atoms with E-state index in [-0.39, 0.29) is 6.54 Å². The molecule has 170 valence electrons. The van der Waals surface area contributed by atoms with Crippen molar-refractivity contribution in [2.24, 2.45) is 5.18 Å². The minimum atomic E-state index is -0.441. The molecule has 0 heterocycles. The molecule has 3 aromatic carbocycles. The fourth-order valence-corrected chi connectivity index (χ4v) is 4.48. The van der Waals surface area contributed by atoms with E-state index < -0.39 is 6.09 Å². The van der Waals surface area contributed by atoms with Crippen LogP contribution in [0.5, 0.6) is 5.75 Å². The van der Waals surface area contributed by atoms with E-state index in [0.717, 1.165) is 16.8 Å². The van der Waals surface area contributed by atoms with E-state index >= 15 is 0 Å². The van der Waals surface area contributed by atoms with Crippen molar-refractivity contribution in [1.29, 1.82) is 0 Å². The zero-order valence-electron chi connectivity index (χ0n) is 18.9. The maximum atomic E-state index is 13.2. The lowest BCUT2D eigenvalue weighted by molar-refractivity contribution is 0.207. The molecule has 0 bridgehead atoms. The molecule has 0 saturated heterocycles. The second kappa shape index (κ2) is 11.4. The van der Waals surface area contributed by atoms with E-state index in [0.29, 0.717) is 24.6 Å². The smallest absolute Gasteiger partial charge is 0.410 e. The molecular weight excluding hydrogens is 412 g/mol. The average molecular weight is 443 g/mol. The van der Waals surface area contributed by atoms with Gasteiger partial charge in [-0.1, -0.05) is 79.0 Å². The molecule has 0 aromatic heterocycles. The van der Waals surface area contributed by atoms with Crippen LogP contribution in [0.25, 0.3) is 0 Å². The molecule has 0 radical (unpaired) electrons. The Bertz CT molecular complexity index is 1040. The van der Waals surface area contributed by atoms with Crippen LogP contribution in [-0.4, -0.2) is 12.6 Å². The number of ether oxygens (including phenoxy) is 1. The van der Waals surface area contributed by atoms with Gasteiger partial charge in [0.25, 0.3) is 0 Å². The summed E-state index contributed by atoms with van der Waals surface area (Å²) >= 11 is 0. The third-order valence-electron chi connectivity index (χ3n) is 6.28. The van der Waals surface area contributed by atoms with Crippen LogP contribution >= 0.6 is 0 Å². The second-order valence-electron chi connectivity index (χ2n) is 8.62. The highest BCUT2D eigenvalue weighted by atomic mass is 16.6. The van der Waals surface area contributed by atoms with E-state index in [2.05, 4.69) is 29.4 Å². The molecule has 33 heavy (non-hydrogen) atoms. The van der Waals surface area contributed by atoms with E-state index in [1.165, 1.54) is 37.7 Å². The lowest BCUT2D eigenvalue weighted by atomic mass is 9.84. The molecular formula is C28H30N2O3. The molecule has 3 aromatic rings. The van der Waals surface area contributed by atoms with Gasteiger partial charge in [-0.3, -0.25) is 4.90 Å². The Morgan fingerprint density at radius 3 is 2.36 bits per heavy atom. The predicted octanol–water partition coefficient (Wildman–Crippen LogP) is 7.25. The highest BCUT2D eigenvalue weighted by molar-refractivity contribution is 5.89. The van der Waals surface area contributed by atoms with Gasteiger partial charge < -0.3 is 4.74 Å². The standard InChI is InChI=1S/C28H30N2O3/c31-28(33-27-13-7-8-22(20-27)18-19-29-32)30(26-11-5-2-6-12-26)21-23-14-16-25(17-15-23)24-9-3-1-4-10-24/h2,5-8,11-17,20,24H,1,3-4,9-10,18-19,21H2. The molecule has 1 amide bonds. The number of nitroso groups, excluding NO2 is 1. The summed E-state index contributed by atoms with van der Waals surface area (Å²) in [6.07, 6.45) is 6.58. The summed E-state index contributed by atoms with van der Waals surface area (Å²) in [6, 6.07) is 25.5. The van der Waals surface area contributed by atoms with E-state index in [1.807, 2.05) is 42.5 Å². The van der Waals surface area contributed by atoms with Crippen molar-refractivity contribution in [2.45, 2.75) is 51.0 Å². The number of hydrogen-bond acceptors (Lipinski definition) is 4. The number of amides is 1. The predicted molar refractivity (Wildman–Crippen MR) is 132 cm³/mol. The van der Waals surface area contributed by atoms with Gasteiger partial charge in [-0.15, -0.1) is 0 Å². The maximum Gasteiger partial charge on any atom is 0.420 e. The topological polar surface area (TPSA) is 59.0 Å². The van der Waals surface area contributed by atoms with Gasteiger partial charge in [-0.25, -0.2) is 4.79 Å². The van der Waals surface area contributed by atoms with Gasteiger partial charge in [0.15, 0.2) is 0 Å². The number of para-hydroxylation sites is 1. The van der Waals surface area contributed by atoms with Crippen molar-refractivity contribution in [3.63, 3.8) is 0 Å². The highest BCUT2D eigenvalue weighted by Gasteiger charge is 2.20. The SMILES string of the molecule is O=NCCc1cccc(OC(=O)N(Cc2ccc(C3CCCCC3)cc2)c2ccccc2)c1. The van der Waals surface area contributed by atoms with Crippen LogP contribution in [0, 0.1) is 4.91 Å². The molecule has 0 atom stereocenters. The number of benzene rings is 3. The fraction of sp³-hybridized carbons (Fsp3) is 0.321. The minimum Gasteiger partial charge on any atom is -0.410 e. The molecule has 4 rings (SSSR count). The Morgan fingerprint density at radius 2 is 1.64 bits per heavy atom. The van der Waals surface area contributed by atoms with Gasteiger partial charge in [0, 0.05) is 5.69 Å². The Kier molecular flexibility index (Phi) is 7.85. The molecule has 5 nitrogen and oxygen atoms in total. The summed E-state index contributed by atoms with van der Waals surface area (Å²) in [5.41, 5.74) is 4.14. The normalized spacial score (nSPS) is 13.9. The van der Waals surface area contributed by atoms with Gasteiger partial charge in [0.2, 0.25) is 0 Å². The Morgan fingerprint density at radius 1 is 0.879 bits per heavy atom. The van der Waals surface area contributed by atoms with E-state index in [1.54, 1.807) is 17.0 Å². The van der Waals surface area contributed by atoms with Gasteiger partial charge in [-0.2, -0.15) is 4.91 Å².